The third-order valence-corrected chi connectivity index (χ3v) is 5.41. The predicted molar refractivity (Wildman–Crippen MR) is 77.5 cm³/mol. The molecule has 106 valence electrons. The quantitative estimate of drug-likeness (QED) is 0.887. The second-order valence-corrected chi connectivity index (χ2v) is 7.60. The summed E-state index contributed by atoms with van der Waals surface area (Å²) in [5, 5.41) is -0.366. The molecule has 0 saturated heterocycles. The molecule has 4 nitrogen and oxygen atoms in total. The minimum atomic E-state index is -3.14. The van der Waals surface area contributed by atoms with Crippen molar-refractivity contribution in [2.75, 3.05) is 19.6 Å². The predicted octanol–water partition coefficient (Wildman–Crippen LogP) is 1.37. The highest BCUT2D eigenvalue weighted by Gasteiger charge is 2.18. The third kappa shape index (κ3) is 3.78. The van der Waals surface area contributed by atoms with E-state index in [0.717, 1.165) is 26.1 Å². The zero-order valence-corrected chi connectivity index (χ0v) is 12.4. The first kappa shape index (κ1) is 14.5. The van der Waals surface area contributed by atoms with Gasteiger partial charge in [0.2, 0.25) is 10.0 Å². The molecule has 0 spiro atoms. The minimum absolute atomic E-state index is 0.366. The van der Waals surface area contributed by atoms with Crippen LogP contribution in [0.15, 0.2) is 24.3 Å². The number of benzene rings is 1. The lowest BCUT2D eigenvalue weighted by molar-refractivity contribution is 0.258. The number of hydrogen-bond donors (Lipinski definition) is 1. The molecule has 1 heterocycles. The molecule has 19 heavy (non-hydrogen) atoms. The molecule has 0 unspecified atom stereocenters. The average molecular weight is 282 g/mol. The number of nitrogens with zero attached hydrogens (tertiary/aromatic N) is 1. The molecule has 1 N–H and O–H groups in total. The van der Waals surface area contributed by atoms with Gasteiger partial charge in [0.15, 0.2) is 0 Å². The van der Waals surface area contributed by atoms with E-state index in [9.17, 15) is 8.42 Å². The summed E-state index contributed by atoms with van der Waals surface area (Å²) in [6.45, 7) is 6.56. The van der Waals surface area contributed by atoms with Crippen LogP contribution >= 0.6 is 0 Å². The van der Waals surface area contributed by atoms with Gasteiger partial charge in [-0.25, -0.2) is 13.1 Å². The standard InChI is InChI=1S/C14H22N2O2S/c1-12(2)19(17,18)15-8-10-16-9-7-13-5-3-4-6-14(13)11-16/h3-6,12,15H,7-11H2,1-2H3. The second-order valence-electron chi connectivity index (χ2n) is 5.28. The molecular weight excluding hydrogens is 260 g/mol. The summed E-state index contributed by atoms with van der Waals surface area (Å²) in [4.78, 5) is 2.30. The van der Waals surface area contributed by atoms with Gasteiger partial charge >= 0.3 is 0 Å². The Balaban J connectivity index is 1.84. The maximum absolute atomic E-state index is 11.6. The maximum Gasteiger partial charge on any atom is 0.213 e. The minimum Gasteiger partial charge on any atom is -0.297 e. The molecule has 1 aliphatic heterocycles. The van der Waals surface area contributed by atoms with E-state index in [0.29, 0.717) is 6.54 Å². The van der Waals surface area contributed by atoms with E-state index < -0.39 is 10.0 Å². The lowest BCUT2D eigenvalue weighted by Crippen LogP contribution is -2.39. The molecule has 0 amide bonds. The fourth-order valence-corrected chi connectivity index (χ4v) is 2.97. The average Bonchev–Trinajstić information content (AvgIpc) is 2.38. The van der Waals surface area contributed by atoms with Crippen molar-refractivity contribution in [2.24, 2.45) is 0 Å². The Bertz CT molecular complexity index is 526. The molecule has 0 atom stereocenters. The van der Waals surface area contributed by atoms with Crippen LogP contribution < -0.4 is 4.72 Å². The van der Waals surface area contributed by atoms with E-state index in [2.05, 4.69) is 33.9 Å². The van der Waals surface area contributed by atoms with Gasteiger partial charge in [-0.15, -0.1) is 0 Å². The summed E-state index contributed by atoms with van der Waals surface area (Å²) in [6, 6.07) is 8.46. The zero-order valence-electron chi connectivity index (χ0n) is 11.6. The Kier molecular flexibility index (Phi) is 4.60. The van der Waals surface area contributed by atoms with Crippen molar-refractivity contribution in [3.05, 3.63) is 35.4 Å². The van der Waals surface area contributed by atoms with Gasteiger partial charge in [0, 0.05) is 26.2 Å². The van der Waals surface area contributed by atoms with Crippen LogP contribution in [0.5, 0.6) is 0 Å². The number of rotatable bonds is 5. The van der Waals surface area contributed by atoms with Crippen LogP contribution in [0.3, 0.4) is 0 Å². The van der Waals surface area contributed by atoms with Crippen LogP contribution in [0.1, 0.15) is 25.0 Å². The van der Waals surface area contributed by atoms with Gasteiger partial charge in [-0.3, -0.25) is 4.90 Å². The molecule has 1 aromatic rings. The van der Waals surface area contributed by atoms with E-state index >= 15 is 0 Å². The van der Waals surface area contributed by atoms with Gasteiger partial charge in [-0.2, -0.15) is 0 Å². The first-order valence-electron chi connectivity index (χ1n) is 6.76. The van der Waals surface area contributed by atoms with Crippen LogP contribution in [0, 0.1) is 0 Å². The maximum atomic E-state index is 11.6. The van der Waals surface area contributed by atoms with Gasteiger partial charge in [-0.1, -0.05) is 24.3 Å². The summed E-state index contributed by atoms with van der Waals surface area (Å²) in [5.41, 5.74) is 2.78. The fourth-order valence-electron chi connectivity index (χ4n) is 2.26. The Morgan fingerprint density at radius 2 is 1.95 bits per heavy atom. The fraction of sp³-hybridized carbons (Fsp3) is 0.571. The molecule has 0 bridgehead atoms. The molecule has 0 aromatic heterocycles. The van der Waals surface area contributed by atoms with Gasteiger partial charge in [0.25, 0.3) is 0 Å². The van der Waals surface area contributed by atoms with Gasteiger partial charge in [-0.05, 0) is 31.4 Å². The monoisotopic (exact) mass is 282 g/mol. The van der Waals surface area contributed by atoms with Gasteiger partial charge in [0.05, 0.1) is 5.25 Å². The van der Waals surface area contributed by atoms with Crippen LogP contribution in [-0.2, 0) is 23.0 Å². The van der Waals surface area contributed by atoms with E-state index in [-0.39, 0.29) is 5.25 Å². The SMILES string of the molecule is CC(C)S(=O)(=O)NCCN1CCc2ccccc2C1. The number of fused-ring (bicyclic) bond motifs is 1. The van der Waals surface area contributed by atoms with Crippen LogP contribution in [0.4, 0.5) is 0 Å². The summed E-state index contributed by atoms with van der Waals surface area (Å²) in [6.07, 6.45) is 1.05. The normalized spacial score (nSPS) is 16.6. The molecule has 0 saturated carbocycles. The number of sulfonamides is 1. The largest absolute Gasteiger partial charge is 0.297 e. The highest BCUT2D eigenvalue weighted by Crippen LogP contribution is 2.17. The van der Waals surface area contributed by atoms with Gasteiger partial charge < -0.3 is 0 Å². The molecule has 0 fully saturated rings. The zero-order chi connectivity index (χ0) is 13.9. The van der Waals surface area contributed by atoms with Crippen molar-refractivity contribution in [1.29, 1.82) is 0 Å². The summed E-state index contributed by atoms with van der Waals surface area (Å²) in [5.74, 6) is 0. The Hall–Kier alpha value is -0.910. The van der Waals surface area contributed by atoms with Crippen molar-refractivity contribution < 1.29 is 8.42 Å². The topological polar surface area (TPSA) is 49.4 Å². The van der Waals surface area contributed by atoms with E-state index in [1.54, 1.807) is 13.8 Å². The highest BCUT2D eigenvalue weighted by atomic mass is 32.2. The molecule has 5 heteroatoms. The number of nitrogens with one attached hydrogen (secondary N) is 1. The van der Waals surface area contributed by atoms with Crippen LogP contribution in [-0.4, -0.2) is 38.2 Å². The van der Waals surface area contributed by atoms with E-state index in [1.807, 2.05) is 0 Å². The molecule has 1 aromatic carbocycles. The van der Waals surface area contributed by atoms with E-state index in [1.165, 1.54) is 11.1 Å². The smallest absolute Gasteiger partial charge is 0.213 e. The Labute approximate surface area is 115 Å². The summed E-state index contributed by atoms with van der Waals surface area (Å²) in [7, 11) is -3.14. The van der Waals surface area contributed by atoms with Crippen LogP contribution in [0.2, 0.25) is 0 Å². The Morgan fingerprint density at radius 3 is 2.63 bits per heavy atom. The summed E-state index contributed by atoms with van der Waals surface area (Å²) < 4.78 is 25.9. The molecule has 0 aliphatic carbocycles. The van der Waals surface area contributed by atoms with Crippen molar-refractivity contribution >= 4 is 10.0 Å². The van der Waals surface area contributed by atoms with Gasteiger partial charge in [0.1, 0.15) is 0 Å². The first-order chi connectivity index (χ1) is 8.99. The first-order valence-corrected chi connectivity index (χ1v) is 8.31. The molecule has 0 radical (unpaired) electrons. The van der Waals surface area contributed by atoms with Crippen molar-refractivity contribution in [3.8, 4) is 0 Å². The van der Waals surface area contributed by atoms with E-state index in [4.69, 9.17) is 0 Å². The van der Waals surface area contributed by atoms with Crippen molar-refractivity contribution in [1.82, 2.24) is 9.62 Å². The molecule has 1 aliphatic rings. The lowest BCUT2D eigenvalue weighted by Gasteiger charge is -2.28. The van der Waals surface area contributed by atoms with Crippen molar-refractivity contribution in [3.63, 3.8) is 0 Å². The molecular formula is C14H22N2O2S. The third-order valence-electron chi connectivity index (χ3n) is 3.56. The summed E-state index contributed by atoms with van der Waals surface area (Å²) >= 11 is 0. The van der Waals surface area contributed by atoms with Crippen LogP contribution in [0.25, 0.3) is 0 Å². The van der Waals surface area contributed by atoms with Crippen molar-refractivity contribution in [2.45, 2.75) is 32.1 Å². The second kappa shape index (κ2) is 6.03. The highest BCUT2D eigenvalue weighted by molar-refractivity contribution is 7.90. The molecule has 2 rings (SSSR count). The lowest BCUT2D eigenvalue weighted by atomic mass is 10.0. The number of hydrogen-bond acceptors (Lipinski definition) is 3. The Morgan fingerprint density at radius 1 is 1.26 bits per heavy atom.